The van der Waals surface area contributed by atoms with Gasteiger partial charge in [-0.3, -0.25) is 4.79 Å². The molecule has 0 aliphatic carbocycles. The molecule has 0 amide bonds. The van der Waals surface area contributed by atoms with Gasteiger partial charge in [0, 0.05) is 13.0 Å². The highest BCUT2D eigenvalue weighted by Crippen LogP contribution is 2.22. The molecule has 5 nitrogen and oxygen atoms in total. The molecule has 0 aliphatic rings. The summed E-state index contributed by atoms with van der Waals surface area (Å²) in [6, 6.07) is 16.2. The molecular formula is C24H33NO4. The topological polar surface area (TPSA) is 48.0 Å². The van der Waals surface area contributed by atoms with Crippen molar-refractivity contribution in [2.45, 2.75) is 38.7 Å². The van der Waals surface area contributed by atoms with Crippen LogP contribution in [0.4, 0.5) is 0 Å². The highest BCUT2D eigenvalue weighted by molar-refractivity contribution is 5.69. The zero-order valence-electron chi connectivity index (χ0n) is 18.0. The third-order valence-electron chi connectivity index (χ3n) is 4.54. The Bertz CT molecular complexity index is 760. The summed E-state index contributed by atoms with van der Waals surface area (Å²) in [4.78, 5) is 13.9. The number of likely N-dealkylation sites (N-methyl/N-ethyl adjacent to an activating group) is 1. The van der Waals surface area contributed by atoms with Crippen molar-refractivity contribution in [1.82, 2.24) is 4.90 Å². The van der Waals surface area contributed by atoms with Crippen molar-refractivity contribution >= 4 is 5.97 Å². The largest absolute Gasteiger partial charge is 0.497 e. The number of esters is 1. The molecule has 0 spiro atoms. The number of para-hydroxylation sites is 1. The van der Waals surface area contributed by atoms with Crippen molar-refractivity contribution in [1.29, 1.82) is 0 Å². The lowest BCUT2D eigenvalue weighted by Crippen LogP contribution is -2.35. The summed E-state index contributed by atoms with van der Waals surface area (Å²) in [7, 11) is 5.60. The second-order valence-electron chi connectivity index (χ2n) is 7.39. The molecular weight excluding hydrogens is 366 g/mol. The van der Waals surface area contributed by atoms with Gasteiger partial charge in [-0.1, -0.05) is 37.3 Å². The fraction of sp³-hybridized carbons (Fsp3) is 0.458. The monoisotopic (exact) mass is 399 g/mol. The van der Waals surface area contributed by atoms with Crippen molar-refractivity contribution in [2.75, 3.05) is 34.4 Å². The first kappa shape index (κ1) is 22.8. The molecule has 0 heterocycles. The van der Waals surface area contributed by atoms with Gasteiger partial charge in [0.15, 0.2) is 0 Å². The zero-order valence-corrected chi connectivity index (χ0v) is 18.0. The number of aryl methyl sites for hydroxylation is 2. The van der Waals surface area contributed by atoms with Gasteiger partial charge in [-0.25, -0.2) is 0 Å². The summed E-state index contributed by atoms with van der Waals surface area (Å²) >= 11 is 0. The number of hydrogen-bond acceptors (Lipinski definition) is 5. The third kappa shape index (κ3) is 8.16. The molecule has 0 radical (unpaired) electrons. The van der Waals surface area contributed by atoms with Crippen LogP contribution in [0.2, 0.25) is 0 Å². The van der Waals surface area contributed by atoms with E-state index >= 15 is 0 Å². The predicted octanol–water partition coefficient (Wildman–Crippen LogP) is 4.13. The molecule has 2 aromatic rings. The molecule has 1 unspecified atom stereocenters. The van der Waals surface area contributed by atoms with Gasteiger partial charge in [-0.2, -0.15) is 0 Å². The Hall–Kier alpha value is -2.53. The maximum Gasteiger partial charge on any atom is 0.306 e. The Morgan fingerprint density at radius 3 is 2.59 bits per heavy atom. The van der Waals surface area contributed by atoms with Crippen molar-refractivity contribution in [3.05, 3.63) is 59.7 Å². The maximum atomic E-state index is 11.9. The van der Waals surface area contributed by atoms with Gasteiger partial charge in [-0.15, -0.1) is 0 Å². The molecule has 0 bridgehead atoms. The Morgan fingerprint density at radius 2 is 1.86 bits per heavy atom. The van der Waals surface area contributed by atoms with Crippen molar-refractivity contribution < 1.29 is 19.0 Å². The van der Waals surface area contributed by atoms with Crippen LogP contribution in [0, 0.1) is 0 Å². The summed E-state index contributed by atoms with van der Waals surface area (Å²) in [6.07, 6.45) is 2.67. The van der Waals surface area contributed by atoms with Crippen molar-refractivity contribution in [3.63, 3.8) is 0 Å². The smallest absolute Gasteiger partial charge is 0.306 e. The number of hydrogen-bond donors (Lipinski definition) is 0. The molecule has 0 fully saturated rings. The van der Waals surface area contributed by atoms with Crippen LogP contribution in [0.5, 0.6) is 11.5 Å². The number of carbonyl (C=O) groups is 1. The van der Waals surface area contributed by atoms with Crippen molar-refractivity contribution in [2.24, 2.45) is 0 Å². The van der Waals surface area contributed by atoms with E-state index in [0.717, 1.165) is 36.3 Å². The fourth-order valence-corrected chi connectivity index (χ4v) is 3.12. The van der Waals surface area contributed by atoms with Gasteiger partial charge >= 0.3 is 5.97 Å². The fourth-order valence-electron chi connectivity index (χ4n) is 3.12. The molecule has 1 atom stereocenters. The van der Waals surface area contributed by atoms with E-state index in [1.807, 2.05) is 56.3 Å². The van der Waals surface area contributed by atoms with E-state index in [2.05, 4.69) is 18.2 Å². The Morgan fingerprint density at radius 1 is 1.07 bits per heavy atom. The molecule has 5 heteroatoms. The van der Waals surface area contributed by atoms with Gasteiger partial charge in [-0.05, 0) is 62.7 Å². The first-order chi connectivity index (χ1) is 14.0. The van der Waals surface area contributed by atoms with Gasteiger partial charge in [0.05, 0.1) is 7.11 Å². The van der Waals surface area contributed by atoms with Crippen LogP contribution in [0.3, 0.4) is 0 Å². The van der Waals surface area contributed by atoms with Crippen LogP contribution in [0.25, 0.3) is 0 Å². The van der Waals surface area contributed by atoms with E-state index in [1.54, 1.807) is 7.11 Å². The van der Waals surface area contributed by atoms with Crippen LogP contribution in [0.1, 0.15) is 30.9 Å². The van der Waals surface area contributed by atoms with Gasteiger partial charge in [0.1, 0.15) is 24.2 Å². The molecule has 0 N–H and O–H groups in total. The second-order valence-corrected chi connectivity index (χ2v) is 7.39. The molecule has 0 saturated carbocycles. The van der Waals surface area contributed by atoms with E-state index in [4.69, 9.17) is 14.2 Å². The summed E-state index contributed by atoms with van der Waals surface area (Å²) in [5.41, 5.74) is 2.36. The Labute approximate surface area is 174 Å². The maximum absolute atomic E-state index is 11.9. The Balaban J connectivity index is 1.99. The molecule has 0 aliphatic heterocycles. The lowest BCUT2D eigenvalue weighted by atomic mass is 10.0. The lowest BCUT2D eigenvalue weighted by molar-refractivity contribution is -0.151. The van der Waals surface area contributed by atoms with E-state index < -0.39 is 0 Å². The zero-order chi connectivity index (χ0) is 21.1. The molecule has 2 aromatic carbocycles. The highest BCUT2D eigenvalue weighted by atomic mass is 16.6. The second kappa shape index (κ2) is 12.1. The first-order valence-electron chi connectivity index (χ1n) is 10.2. The molecule has 158 valence electrons. The van der Waals surface area contributed by atoms with E-state index in [0.29, 0.717) is 19.6 Å². The van der Waals surface area contributed by atoms with Crippen LogP contribution < -0.4 is 9.47 Å². The average Bonchev–Trinajstić information content (AvgIpc) is 2.71. The third-order valence-corrected chi connectivity index (χ3v) is 4.54. The van der Waals surface area contributed by atoms with Gasteiger partial charge < -0.3 is 19.1 Å². The summed E-state index contributed by atoms with van der Waals surface area (Å²) in [6.45, 7) is 2.93. The van der Waals surface area contributed by atoms with Crippen LogP contribution >= 0.6 is 0 Å². The van der Waals surface area contributed by atoms with E-state index in [1.165, 1.54) is 5.56 Å². The number of benzene rings is 2. The van der Waals surface area contributed by atoms with Crippen LogP contribution in [0.15, 0.2) is 48.5 Å². The number of ether oxygens (including phenoxy) is 3. The molecule has 29 heavy (non-hydrogen) atoms. The molecule has 0 saturated heterocycles. The van der Waals surface area contributed by atoms with Crippen molar-refractivity contribution in [3.8, 4) is 11.5 Å². The molecule has 0 aromatic heterocycles. The lowest BCUT2D eigenvalue weighted by Gasteiger charge is -2.22. The minimum absolute atomic E-state index is 0.172. The van der Waals surface area contributed by atoms with Crippen LogP contribution in [-0.2, 0) is 22.4 Å². The minimum Gasteiger partial charge on any atom is -0.497 e. The SMILES string of the molecule is CCCC(=O)OC(COc1ccccc1CCc1cccc(OC)c1)CN(C)C. The summed E-state index contributed by atoms with van der Waals surface area (Å²) < 4.78 is 17.0. The number of nitrogens with zero attached hydrogens (tertiary/aromatic N) is 1. The summed E-state index contributed by atoms with van der Waals surface area (Å²) in [5.74, 6) is 1.53. The first-order valence-corrected chi connectivity index (χ1v) is 10.2. The van der Waals surface area contributed by atoms with Gasteiger partial charge in [0.25, 0.3) is 0 Å². The number of methoxy groups -OCH3 is 1. The number of rotatable bonds is 12. The summed E-state index contributed by atoms with van der Waals surface area (Å²) in [5, 5.41) is 0. The van der Waals surface area contributed by atoms with Crippen LogP contribution in [-0.4, -0.2) is 51.3 Å². The standard InChI is InChI=1S/C24H33NO4/c1-5-9-24(26)29-22(17-25(2)3)18-28-23-13-7-6-11-20(23)15-14-19-10-8-12-21(16-19)27-4/h6-8,10-13,16,22H,5,9,14-15,17-18H2,1-4H3. The van der Waals surface area contributed by atoms with Gasteiger partial charge in [0.2, 0.25) is 0 Å². The molecule has 2 rings (SSSR count). The average molecular weight is 400 g/mol. The number of carbonyl (C=O) groups excluding carboxylic acids is 1. The van der Waals surface area contributed by atoms with E-state index in [9.17, 15) is 4.79 Å². The highest BCUT2D eigenvalue weighted by Gasteiger charge is 2.17. The quantitative estimate of drug-likeness (QED) is 0.502. The minimum atomic E-state index is -0.296. The normalized spacial score (nSPS) is 11.9. The predicted molar refractivity (Wildman–Crippen MR) is 116 cm³/mol. The Kier molecular flexibility index (Phi) is 9.51. The van der Waals surface area contributed by atoms with E-state index in [-0.39, 0.29) is 12.1 Å².